The highest BCUT2D eigenvalue weighted by Gasteiger charge is 2.20. The maximum Gasteiger partial charge on any atom is 0.323 e. The number of hydrogen-bond acceptors (Lipinski definition) is 3. The van der Waals surface area contributed by atoms with Gasteiger partial charge in [0.25, 0.3) is 0 Å². The van der Waals surface area contributed by atoms with Gasteiger partial charge in [-0.15, -0.1) is 0 Å². The van der Waals surface area contributed by atoms with Crippen molar-refractivity contribution < 1.29 is 9.53 Å². The van der Waals surface area contributed by atoms with Gasteiger partial charge in [0, 0.05) is 18.1 Å². The molecule has 0 bridgehead atoms. The lowest BCUT2D eigenvalue weighted by molar-refractivity contribution is -0.145. The molecule has 1 unspecified atom stereocenters. The van der Waals surface area contributed by atoms with E-state index >= 15 is 0 Å². The van der Waals surface area contributed by atoms with E-state index in [4.69, 9.17) is 10.00 Å². The van der Waals surface area contributed by atoms with Crippen LogP contribution in [0.3, 0.4) is 0 Å². The van der Waals surface area contributed by atoms with Crippen LogP contribution >= 0.6 is 0 Å². The fourth-order valence-corrected chi connectivity index (χ4v) is 1.96. The number of nitrogens with one attached hydrogen (secondary N) is 1. The fourth-order valence-electron chi connectivity index (χ4n) is 1.96. The van der Waals surface area contributed by atoms with Gasteiger partial charge in [-0.1, -0.05) is 18.2 Å². The molecular weight excluding hydrogens is 228 g/mol. The summed E-state index contributed by atoms with van der Waals surface area (Å²) in [5.74, 6) is -1.21. The van der Waals surface area contributed by atoms with Crippen molar-refractivity contribution in [1.82, 2.24) is 4.98 Å². The van der Waals surface area contributed by atoms with E-state index in [1.165, 1.54) is 0 Å². The van der Waals surface area contributed by atoms with Gasteiger partial charge in [0.2, 0.25) is 0 Å². The van der Waals surface area contributed by atoms with Crippen LogP contribution in [0.5, 0.6) is 0 Å². The summed E-state index contributed by atoms with van der Waals surface area (Å²) in [4.78, 5) is 14.7. The van der Waals surface area contributed by atoms with Gasteiger partial charge >= 0.3 is 5.97 Å². The molecule has 92 valence electrons. The lowest BCUT2D eigenvalue weighted by Crippen LogP contribution is -2.18. The van der Waals surface area contributed by atoms with Crippen LogP contribution in [0, 0.1) is 17.2 Å². The molecule has 1 atom stereocenters. The lowest BCUT2D eigenvalue weighted by atomic mass is 9.99. The highest BCUT2D eigenvalue weighted by molar-refractivity contribution is 5.83. The average molecular weight is 242 g/mol. The van der Waals surface area contributed by atoms with Crippen LogP contribution in [-0.2, 0) is 16.0 Å². The minimum atomic E-state index is -0.751. The second kappa shape index (κ2) is 5.37. The Balaban J connectivity index is 2.25. The summed E-state index contributed by atoms with van der Waals surface area (Å²) in [5, 5.41) is 10.1. The van der Waals surface area contributed by atoms with E-state index in [9.17, 15) is 4.79 Å². The van der Waals surface area contributed by atoms with Gasteiger partial charge < -0.3 is 9.72 Å². The van der Waals surface area contributed by atoms with Gasteiger partial charge in [0.15, 0.2) is 0 Å². The minimum Gasteiger partial charge on any atom is -0.465 e. The Bertz CT molecular complexity index is 595. The van der Waals surface area contributed by atoms with Crippen molar-refractivity contribution in [2.45, 2.75) is 13.3 Å². The molecule has 0 saturated carbocycles. The van der Waals surface area contributed by atoms with E-state index in [-0.39, 0.29) is 0 Å². The van der Waals surface area contributed by atoms with Crippen molar-refractivity contribution in [2.75, 3.05) is 6.61 Å². The molecule has 0 aliphatic carbocycles. The summed E-state index contributed by atoms with van der Waals surface area (Å²) in [5.41, 5.74) is 1.93. The Labute approximate surface area is 105 Å². The minimum absolute atomic E-state index is 0.295. The molecule has 0 fully saturated rings. The molecule has 0 saturated heterocycles. The van der Waals surface area contributed by atoms with Gasteiger partial charge in [0.05, 0.1) is 12.7 Å². The quantitative estimate of drug-likeness (QED) is 0.837. The zero-order valence-corrected chi connectivity index (χ0v) is 10.1. The number of carbonyl (C=O) groups is 1. The van der Waals surface area contributed by atoms with Gasteiger partial charge in [0.1, 0.15) is 5.92 Å². The Morgan fingerprint density at radius 3 is 3.06 bits per heavy atom. The van der Waals surface area contributed by atoms with Gasteiger partial charge in [-0.2, -0.15) is 5.26 Å². The zero-order valence-electron chi connectivity index (χ0n) is 10.1. The highest BCUT2D eigenvalue weighted by atomic mass is 16.5. The van der Waals surface area contributed by atoms with Crippen molar-refractivity contribution >= 4 is 16.9 Å². The van der Waals surface area contributed by atoms with Crippen molar-refractivity contribution in [3.05, 3.63) is 36.0 Å². The number of rotatable bonds is 4. The van der Waals surface area contributed by atoms with Crippen LogP contribution in [0.15, 0.2) is 30.5 Å². The van der Waals surface area contributed by atoms with E-state index < -0.39 is 11.9 Å². The van der Waals surface area contributed by atoms with E-state index in [0.29, 0.717) is 13.0 Å². The number of aromatic nitrogens is 1. The predicted molar refractivity (Wildman–Crippen MR) is 67.7 cm³/mol. The Morgan fingerprint density at radius 2 is 2.33 bits per heavy atom. The van der Waals surface area contributed by atoms with Gasteiger partial charge in [-0.05, 0) is 23.9 Å². The molecule has 18 heavy (non-hydrogen) atoms. The first-order valence-electron chi connectivity index (χ1n) is 5.87. The maximum atomic E-state index is 11.6. The highest BCUT2D eigenvalue weighted by Crippen LogP contribution is 2.20. The van der Waals surface area contributed by atoms with Crippen LogP contribution in [0.25, 0.3) is 10.9 Å². The number of ether oxygens (including phenoxy) is 1. The molecule has 0 spiro atoms. The third-order valence-electron chi connectivity index (χ3n) is 2.82. The topological polar surface area (TPSA) is 65.9 Å². The van der Waals surface area contributed by atoms with E-state index in [0.717, 1.165) is 16.5 Å². The van der Waals surface area contributed by atoms with Crippen molar-refractivity contribution in [2.24, 2.45) is 5.92 Å². The number of benzene rings is 1. The van der Waals surface area contributed by atoms with Gasteiger partial charge in [-0.25, -0.2) is 0 Å². The van der Waals surface area contributed by atoms with E-state index in [1.54, 1.807) is 6.92 Å². The molecule has 0 amide bonds. The molecule has 0 aliphatic rings. The summed E-state index contributed by atoms with van der Waals surface area (Å²) >= 11 is 0. The van der Waals surface area contributed by atoms with Crippen molar-refractivity contribution in [3.63, 3.8) is 0 Å². The van der Waals surface area contributed by atoms with Gasteiger partial charge in [-0.3, -0.25) is 4.79 Å². The first-order valence-corrected chi connectivity index (χ1v) is 5.87. The first kappa shape index (κ1) is 12.2. The maximum absolute atomic E-state index is 11.6. The first-order chi connectivity index (χ1) is 8.76. The number of para-hydroxylation sites is 1. The molecule has 4 nitrogen and oxygen atoms in total. The number of nitrogens with zero attached hydrogens (tertiary/aromatic N) is 1. The molecule has 1 heterocycles. The molecule has 1 aromatic heterocycles. The number of hydrogen-bond donors (Lipinski definition) is 1. The Hall–Kier alpha value is -2.28. The molecule has 4 heteroatoms. The number of fused-ring (bicyclic) bond motifs is 1. The number of H-pyrrole nitrogens is 1. The molecular formula is C14H14N2O2. The van der Waals surface area contributed by atoms with Crippen molar-refractivity contribution in [3.8, 4) is 6.07 Å². The Morgan fingerprint density at radius 1 is 1.50 bits per heavy atom. The van der Waals surface area contributed by atoms with Crippen LogP contribution < -0.4 is 0 Å². The molecule has 0 aliphatic heterocycles. The predicted octanol–water partition coefficient (Wildman–Crippen LogP) is 2.41. The number of aromatic amines is 1. The standard InChI is InChI=1S/C14H14N2O2/c1-2-18-14(17)12(9-15)8-11-5-3-4-10-6-7-16-13(10)11/h3-7,12,16H,2,8H2,1H3. The lowest BCUT2D eigenvalue weighted by Gasteiger charge is -2.09. The molecule has 2 aromatic rings. The molecule has 0 radical (unpaired) electrons. The van der Waals surface area contributed by atoms with Crippen molar-refractivity contribution in [1.29, 1.82) is 5.26 Å². The van der Waals surface area contributed by atoms with Crippen LogP contribution in [0.4, 0.5) is 0 Å². The summed E-state index contributed by atoms with van der Waals surface area (Å²) in [6.45, 7) is 2.03. The number of carbonyl (C=O) groups excluding carboxylic acids is 1. The normalized spacial score (nSPS) is 12.0. The molecule has 1 N–H and O–H groups in total. The average Bonchev–Trinajstić information content (AvgIpc) is 2.85. The summed E-state index contributed by atoms with van der Waals surface area (Å²) < 4.78 is 4.89. The number of esters is 1. The second-order valence-electron chi connectivity index (χ2n) is 4.00. The largest absolute Gasteiger partial charge is 0.465 e. The summed E-state index contributed by atoms with van der Waals surface area (Å²) in [6.07, 6.45) is 2.22. The monoisotopic (exact) mass is 242 g/mol. The SMILES string of the molecule is CCOC(=O)C(C#N)Cc1cccc2cc[nH]c12. The van der Waals surface area contributed by atoms with E-state index in [1.807, 2.05) is 36.5 Å². The van der Waals surface area contributed by atoms with E-state index in [2.05, 4.69) is 4.98 Å². The third-order valence-corrected chi connectivity index (χ3v) is 2.82. The van der Waals surface area contributed by atoms with Crippen LogP contribution in [0.1, 0.15) is 12.5 Å². The van der Waals surface area contributed by atoms with Crippen LogP contribution in [0.2, 0.25) is 0 Å². The second-order valence-corrected chi connectivity index (χ2v) is 4.00. The fraction of sp³-hybridized carbons (Fsp3) is 0.286. The zero-order chi connectivity index (χ0) is 13.0. The molecule has 2 rings (SSSR count). The molecule has 1 aromatic carbocycles. The smallest absolute Gasteiger partial charge is 0.323 e. The summed E-state index contributed by atoms with van der Waals surface area (Å²) in [6, 6.07) is 9.79. The number of nitriles is 1. The van der Waals surface area contributed by atoms with Crippen LogP contribution in [-0.4, -0.2) is 17.6 Å². The Kier molecular flexibility index (Phi) is 3.63. The third kappa shape index (κ3) is 2.35. The summed E-state index contributed by atoms with van der Waals surface area (Å²) in [7, 11) is 0.